The van der Waals surface area contributed by atoms with Crippen LogP contribution in [0.3, 0.4) is 0 Å². The molecule has 2 nitrogen and oxygen atoms in total. The largest absolute Gasteiger partial charge is 0.481 e. The van der Waals surface area contributed by atoms with Crippen LogP contribution in [0.1, 0.15) is 49.7 Å². The molecule has 3 unspecified atom stereocenters. The summed E-state index contributed by atoms with van der Waals surface area (Å²) >= 11 is 0. The van der Waals surface area contributed by atoms with Crippen LogP contribution in [0, 0.1) is 18.8 Å². The van der Waals surface area contributed by atoms with Crippen LogP contribution in [0.2, 0.25) is 0 Å². The summed E-state index contributed by atoms with van der Waals surface area (Å²) < 4.78 is 0. The molecule has 2 rings (SSSR count). The predicted octanol–water partition coefficient (Wildman–Crippen LogP) is 3.99. The molecule has 0 amide bonds. The van der Waals surface area contributed by atoms with Crippen LogP contribution in [-0.4, -0.2) is 11.1 Å². The lowest BCUT2D eigenvalue weighted by atomic mass is 9.70. The zero-order chi connectivity index (χ0) is 13.1. The van der Waals surface area contributed by atoms with Crippen LogP contribution < -0.4 is 0 Å². The number of hydrogen-bond donors (Lipinski definition) is 1. The van der Waals surface area contributed by atoms with Gasteiger partial charge in [0, 0.05) is 0 Å². The van der Waals surface area contributed by atoms with Gasteiger partial charge < -0.3 is 5.11 Å². The van der Waals surface area contributed by atoms with E-state index in [0.717, 1.165) is 25.7 Å². The highest BCUT2D eigenvalue weighted by atomic mass is 16.4. The van der Waals surface area contributed by atoms with Crippen molar-refractivity contribution in [1.29, 1.82) is 0 Å². The Balaban J connectivity index is 2.24. The fraction of sp³-hybridized carbons (Fsp3) is 0.562. The minimum absolute atomic E-state index is 0.196. The van der Waals surface area contributed by atoms with Crippen LogP contribution in [-0.2, 0) is 4.79 Å². The van der Waals surface area contributed by atoms with Crippen LogP contribution in [0.5, 0.6) is 0 Å². The van der Waals surface area contributed by atoms with E-state index in [1.54, 1.807) is 0 Å². The molecule has 0 spiro atoms. The van der Waals surface area contributed by atoms with E-state index in [1.807, 2.05) is 0 Å². The number of hydrogen-bond acceptors (Lipinski definition) is 1. The highest BCUT2D eigenvalue weighted by molar-refractivity contribution is 5.71. The highest BCUT2D eigenvalue weighted by Crippen LogP contribution is 2.41. The summed E-state index contributed by atoms with van der Waals surface area (Å²) in [5, 5.41) is 9.38. The van der Waals surface area contributed by atoms with E-state index in [0.29, 0.717) is 5.92 Å². The Bertz CT molecular complexity index is 408. The normalized spacial score (nSPS) is 28.0. The standard InChI is InChI=1S/C16H22O2/c1-3-12-6-9-14(16(17)18)15(10-12)13-7-4-11(2)5-8-13/h4-5,7-8,12,14-15H,3,6,9-10H2,1-2H3,(H,17,18). The molecule has 1 aromatic rings. The van der Waals surface area contributed by atoms with Gasteiger partial charge in [-0.25, -0.2) is 0 Å². The average molecular weight is 246 g/mol. The number of rotatable bonds is 3. The second-order valence-corrected chi connectivity index (χ2v) is 5.55. The molecule has 0 saturated heterocycles. The Morgan fingerprint density at radius 1 is 1.28 bits per heavy atom. The molecule has 1 fully saturated rings. The third-order valence-electron chi connectivity index (χ3n) is 4.36. The minimum atomic E-state index is -0.630. The number of carboxylic acids is 1. The van der Waals surface area contributed by atoms with Crippen LogP contribution >= 0.6 is 0 Å². The van der Waals surface area contributed by atoms with Crippen LogP contribution in [0.15, 0.2) is 24.3 Å². The second-order valence-electron chi connectivity index (χ2n) is 5.55. The topological polar surface area (TPSA) is 37.3 Å². The van der Waals surface area contributed by atoms with Gasteiger partial charge in [0.25, 0.3) is 0 Å². The molecule has 18 heavy (non-hydrogen) atoms. The van der Waals surface area contributed by atoms with Crippen molar-refractivity contribution in [3.63, 3.8) is 0 Å². The molecule has 3 atom stereocenters. The van der Waals surface area contributed by atoms with Gasteiger partial charge in [-0.05, 0) is 43.6 Å². The quantitative estimate of drug-likeness (QED) is 0.875. The van der Waals surface area contributed by atoms with Gasteiger partial charge in [-0.15, -0.1) is 0 Å². The number of aliphatic carboxylic acids is 1. The lowest BCUT2D eigenvalue weighted by Gasteiger charge is -2.34. The van der Waals surface area contributed by atoms with Crippen LogP contribution in [0.4, 0.5) is 0 Å². The summed E-state index contributed by atoms with van der Waals surface area (Å²) in [6.45, 7) is 4.27. The second kappa shape index (κ2) is 5.55. The molecule has 1 N–H and O–H groups in total. The van der Waals surface area contributed by atoms with Crippen molar-refractivity contribution in [2.45, 2.75) is 45.4 Å². The van der Waals surface area contributed by atoms with Gasteiger partial charge in [0.1, 0.15) is 0 Å². The van der Waals surface area contributed by atoms with E-state index >= 15 is 0 Å². The predicted molar refractivity (Wildman–Crippen MR) is 72.7 cm³/mol. The zero-order valence-corrected chi connectivity index (χ0v) is 11.2. The Morgan fingerprint density at radius 3 is 2.50 bits per heavy atom. The van der Waals surface area contributed by atoms with Crippen molar-refractivity contribution in [2.24, 2.45) is 11.8 Å². The van der Waals surface area contributed by atoms with Gasteiger partial charge in [0.15, 0.2) is 0 Å². The smallest absolute Gasteiger partial charge is 0.307 e. The highest BCUT2D eigenvalue weighted by Gasteiger charge is 2.35. The molecule has 0 bridgehead atoms. The summed E-state index contributed by atoms with van der Waals surface area (Å²) in [4.78, 5) is 11.4. The molecule has 2 heteroatoms. The minimum Gasteiger partial charge on any atom is -0.481 e. The number of aryl methyl sites for hydroxylation is 1. The van der Waals surface area contributed by atoms with Crippen molar-refractivity contribution in [3.8, 4) is 0 Å². The first-order valence-corrected chi connectivity index (χ1v) is 6.91. The molecule has 1 aliphatic carbocycles. The maximum Gasteiger partial charge on any atom is 0.307 e. The first-order valence-electron chi connectivity index (χ1n) is 6.91. The summed E-state index contributed by atoms with van der Waals surface area (Å²) in [6, 6.07) is 8.38. The van der Waals surface area contributed by atoms with Gasteiger partial charge in [0.05, 0.1) is 5.92 Å². The Kier molecular flexibility index (Phi) is 4.05. The average Bonchev–Trinajstić information content (AvgIpc) is 2.38. The van der Waals surface area contributed by atoms with E-state index in [1.165, 1.54) is 11.1 Å². The SMILES string of the molecule is CCC1CCC(C(=O)O)C(c2ccc(C)cc2)C1. The molecule has 0 radical (unpaired) electrons. The van der Waals surface area contributed by atoms with Crippen molar-refractivity contribution in [1.82, 2.24) is 0 Å². The lowest BCUT2D eigenvalue weighted by molar-refractivity contribution is -0.143. The van der Waals surface area contributed by atoms with Gasteiger partial charge in [-0.1, -0.05) is 43.2 Å². The van der Waals surface area contributed by atoms with E-state index in [2.05, 4.69) is 38.1 Å². The van der Waals surface area contributed by atoms with Crippen LogP contribution in [0.25, 0.3) is 0 Å². The summed E-state index contributed by atoms with van der Waals surface area (Å²) in [6.07, 6.45) is 4.08. The molecule has 98 valence electrons. The molecular formula is C16H22O2. The monoisotopic (exact) mass is 246 g/mol. The van der Waals surface area contributed by atoms with Gasteiger partial charge in [0.2, 0.25) is 0 Å². The Hall–Kier alpha value is -1.31. The molecule has 1 saturated carbocycles. The fourth-order valence-corrected chi connectivity index (χ4v) is 3.11. The maximum atomic E-state index is 11.4. The number of carbonyl (C=O) groups is 1. The van der Waals surface area contributed by atoms with Gasteiger partial charge in [-0.3, -0.25) is 4.79 Å². The zero-order valence-electron chi connectivity index (χ0n) is 11.2. The summed E-state index contributed by atoms with van der Waals surface area (Å²) in [5.74, 6) is 0.0549. The molecule has 0 aliphatic heterocycles. The van der Waals surface area contributed by atoms with Crippen molar-refractivity contribution in [3.05, 3.63) is 35.4 Å². The molecule has 1 aromatic carbocycles. The van der Waals surface area contributed by atoms with E-state index in [4.69, 9.17) is 0 Å². The van der Waals surface area contributed by atoms with E-state index < -0.39 is 5.97 Å². The molecular weight excluding hydrogens is 224 g/mol. The van der Waals surface area contributed by atoms with Crippen molar-refractivity contribution < 1.29 is 9.90 Å². The van der Waals surface area contributed by atoms with E-state index in [-0.39, 0.29) is 11.8 Å². The number of benzene rings is 1. The van der Waals surface area contributed by atoms with E-state index in [9.17, 15) is 9.90 Å². The number of carboxylic acid groups (broad SMARTS) is 1. The first-order chi connectivity index (χ1) is 8.61. The fourth-order valence-electron chi connectivity index (χ4n) is 3.11. The molecule has 0 heterocycles. The first kappa shape index (κ1) is 13.1. The molecule has 1 aliphatic rings. The lowest BCUT2D eigenvalue weighted by Crippen LogP contribution is -2.29. The van der Waals surface area contributed by atoms with Gasteiger partial charge in [-0.2, -0.15) is 0 Å². The summed E-state index contributed by atoms with van der Waals surface area (Å²) in [7, 11) is 0. The molecule has 0 aromatic heterocycles. The summed E-state index contributed by atoms with van der Waals surface area (Å²) in [5.41, 5.74) is 2.43. The Labute approximate surface area is 109 Å². The van der Waals surface area contributed by atoms with Crippen molar-refractivity contribution >= 4 is 5.97 Å². The van der Waals surface area contributed by atoms with Crippen molar-refractivity contribution in [2.75, 3.05) is 0 Å². The third-order valence-corrected chi connectivity index (χ3v) is 4.36. The maximum absolute atomic E-state index is 11.4. The third kappa shape index (κ3) is 2.74. The van der Waals surface area contributed by atoms with Gasteiger partial charge >= 0.3 is 5.97 Å². The Morgan fingerprint density at radius 2 is 1.94 bits per heavy atom.